The molecule has 8 heteroatoms. The first-order chi connectivity index (χ1) is 8.78. The number of halogens is 1. The standard InChI is InChI=1S/C11H20ClNO4S2/c12-9-1-3-10(4-2-9)13-19(16,17)11-5-7-18(14,15)8-6-11/h9-11,13H,1-8H2. The third-order valence-electron chi connectivity index (χ3n) is 3.93. The van der Waals surface area contributed by atoms with Gasteiger partial charge in [-0.1, -0.05) is 0 Å². The van der Waals surface area contributed by atoms with Gasteiger partial charge in [0.1, 0.15) is 9.84 Å². The van der Waals surface area contributed by atoms with Gasteiger partial charge in [0, 0.05) is 11.4 Å². The molecule has 2 rings (SSSR count). The van der Waals surface area contributed by atoms with E-state index in [9.17, 15) is 16.8 Å². The van der Waals surface area contributed by atoms with Crippen LogP contribution < -0.4 is 4.72 Å². The summed E-state index contributed by atoms with van der Waals surface area (Å²) in [4.78, 5) is 0. The molecule has 1 N–H and O–H groups in total. The Bertz CT molecular complexity index is 495. The van der Waals surface area contributed by atoms with Gasteiger partial charge in [-0.3, -0.25) is 0 Å². The molecule has 1 aliphatic heterocycles. The van der Waals surface area contributed by atoms with Gasteiger partial charge in [0.25, 0.3) is 0 Å². The third-order valence-corrected chi connectivity index (χ3v) is 8.09. The highest BCUT2D eigenvalue weighted by Crippen LogP contribution is 2.25. The maximum absolute atomic E-state index is 12.2. The van der Waals surface area contributed by atoms with Gasteiger partial charge in [0.15, 0.2) is 0 Å². The fourth-order valence-corrected chi connectivity index (χ4v) is 6.47. The Hall–Kier alpha value is 0.150. The molecular formula is C11H20ClNO4S2. The lowest BCUT2D eigenvalue weighted by molar-refractivity contribution is 0.413. The van der Waals surface area contributed by atoms with E-state index in [1.54, 1.807) is 0 Å². The number of rotatable bonds is 3. The maximum Gasteiger partial charge on any atom is 0.214 e. The van der Waals surface area contributed by atoms with Crippen molar-refractivity contribution in [1.82, 2.24) is 4.72 Å². The molecule has 0 spiro atoms. The van der Waals surface area contributed by atoms with Crippen molar-refractivity contribution < 1.29 is 16.8 Å². The van der Waals surface area contributed by atoms with E-state index in [0.717, 1.165) is 25.7 Å². The Morgan fingerprint density at radius 3 is 2.00 bits per heavy atom. The van der Waals surface area contributed by atoms with Crippen LogP contribution in [-0.4, -0.2) is 45.0 Å². The van der Waals surface area contributed by atoms with Crippen molar-refractivity contribution in [1.29, 1.82) is 0 Å². The molecule has 0 aromatic heterocycles. The fraction of sp³-hybridized carbons (Fsp3) is 1.00. The summed E-state index contributed by atoms with van der Waals surface area (Å²) in [5, 5.41) is -0.412. The van der Waals surface area contributed by atoms with Crippen molar-refractivity contribution in [2.45, 2.75) is 55.2 Å². The largest absolute Gasteiger partial charge is 0.229 e. The lowest BCUT2D eigenvalue weighted by Crippen LogP contribution is -2.45. The molecule has 0 bridgehead atoms. The van der Waals surface area contributed by atoms with Gasteiger partial charge in [0.2, 0.25) is 10.0 Å². The first kappa shape index (κ1) is 15.5. The SMILES string of the molecule is O=S1(=O)CCC(S(=O)(=O)NC2CCC(Cl)CC2)CC1. The monoisotopic (exact) mass is 329 g/mol. The zero-order valence-corrected chi connectivity index (χ0v) is 13.1. The minimum atomic E-state index is -3.41. The Kier molecular flexibility index (Phi) is 4.80. The molecule has 0 radical (unpaired) electrons. The zero-order chi connectivity index (χ0) is 14.1. The van der Waals surface area contributed by atoms with E-state index in [4.69, 9.17) is 11.6 Å². The molecule has 2 fully saturated rings. The van der Waals surface area contributed by atoms with E-state index in [2.05, 4.69) is 4.72 Å². The number of nitrogens with one attached hydrogen (secondary N) is 1. The number of hydrogen-bond acceptors (Lipinski definition) is 4. The molecule has 1 saturated heterocycles. The Labute approximate surface area is 120 Å². The molecule has 1 aliphatic carbocycles. The lowest BCUT2D eigenvalue weighted by atomic mass is 9.96. The molecule has 0 aromatic rings. The van der Waals surface area contributed by atoms with Crippen LogP contribution in [0.25, 0.3) is 0 Å². The van der Waals surface area contributed by atoms with Crippen LogP contribution in [0.15, 0.2) is 0 Å². The van der Waals surface area contributed by atoms with Crippen molar-refractivity contribution in [3.63, 3.8) is 0 Å². The van der Waals surface area contributed by atoms with E-state index in [1.165, 1.54) is 0 Å². The van der Waals surface area contributed by atoms with Crippen LogP contribution in [0.1, 0.15) is 38.5 Å². The quantitative estimate of drug-likeness (QED) is 0.784. The van der Waals surface area contributed by atoms with E-state index in [-0.39, 0.29) is 35.8 Å². The van der Waals surface area contributed by atoms with Crippen molar-refractivity contribution in [3.05, 3.63) is 0 Å². The van der Waals surface area contributed by atoms with Gasteiger partial charge < -0.3 is 0 Å². The Balaban J connectivity index is 1.92. The number of sulfone groups is 1. The predicted octanol–water partition coefficient (Wildman–Crippen LogP) is 1.03. The van der Waals surface area contributed by atoms with Crippen molar-refractivity contribution in [3.8, 4) is 0 Å². The van der Waals surface area contributed by atoms with E-state index in [1.807, 2.05) is 0 Å². The second kappa shape index (κ2) is 5.87. The normalized spacial score (nSPS) is 33.1. The highest BCUT2D eigenvalue weighted by atomic mass is 35.5. The van der Waals surface area contributed by atoms with E-state index in [0.29, 0.717) is 0 Å². The van der Waals surface area contributed by atoms with Crippen molar-refractivity contribution >= 4 is 31.5 Å². The maximum atomic E-state index is 12.2. The minimum absolute atomic E-state index is 0.0208. The number of sulfonamides is 1. The predicted molar refractivity (Wildman–Crippen MR) is 75.6 cm³/mol. The summed E-state index contributed by atoms with van der Waals surface area (Å²) >= 11 is 5.99. The number of alkyl halides is 1. The average molecular weight is 330 g/mol. The summed E-state index contributed by atoms with van der Waals surface area (Å²) in [6.45, 7) is 0. The first-order valence-corrected chi connectivity index (χ1v) is 10.4. The lowest BCUT2D eigenvalue weighted by Gasteiger charge is -2.29. The molecule has 19 heavy (non-hydrogen) atoms. The van der Waals surface area contributed by atoms with Gasteiger partial charge in [-0.2, -0.15) is 0 Å². The van der Waals surface area contributed by atoms with Gasteiger partial charge in [0.05, 0.1) is 16.8 Å². The molecule has 112 valence electrons. The van der Waals surface area contributed by atoms with Crippen LogP contribution in [0.5, 0.6) is 0 Å². The Morgan fingerprint density at radius 1 is 0.947 bits per heavy atom. The second-order valence-corrected chi connectivity index (χ2v) is 10.4. The van der Waals surface area contributed by atoms with Crippen LogP contribution in [0.3, 0.4) is 0 Å². The summed E-state index contributed by atoms with van der Waals surface area (Å²) in [6.07, 6.45) is 3.60. The van der Waals surface area contributed by atoms with E-state index < -0.39 is 25.1 Å². The smallest absolute Gasteiger partial charge is 0.214 e. The molecule has 1 heterocycles. The minimum Gasteiger partial charge on any atom is -0.229 e. The van der Waals surface area contributed by atoms with Crippen LogP contribution in [0.2, 0.25) is 0 Å². The highest BCUT2D eigenvalue weighted by Gasteiger charge is 2.34. The summed E-state index contributed by atoms with van der Waals surface area (Å²) in [5.74, 6) is -0.0417. The molecule has 0 amide bonds. The van der Waals surface area contributed by atoms with E-state index >= 15 is 0 Å². The zero-order valence-electron chi connectivity index (χ0n) is 10.7. The van der Waals surface area contributed by atoms with Crippen molar-refractivity contribution in [2.24, 2.45) is 0 Å². The second-order valence-electron chi connectivity index (χ2n) is 5.46. The van der Waals surface area contributed by atoms with Gasteiger partial charge >= 0.3 is 0 Å². The molecule has 0 aromatic carbocycles. The fourth-order valence-electron chi connectivity index (χ4n) is 2.68. The molecular weight excluding hydrogens is 310 g/mol. The van der Waals surface area contributed by atoms with Gasteiger partial charge in [-0.25, -0.2) is 21.6 Å². The number of hydrogen-bond donors (Lipinski definition) is 1. The van der Waals surface area contributed by atoms with Crippen LogP contribution >= 0.6 is 11.6 Å². The van der Waals surface area contributed by atoms with Crippen LogP contribution in [-0.2, 0) is 19.9 Å². The third kappa shape index (κ3) is 4.31. The molecule has 0 atom stereocenters. The van der Waals surface area contributed by atoms with Crippen LogP contribution in [0, 0.1) is 0 Å². The topological polar surface area (TPSA) is 80.3 Å². The highest BCUT2D eigenvalue weighted by molar-refractivity contribution is 7.92. The van der Waals surface area contributed by atoms with Crippen LogP contribution in [0.4, 0.5) is 0 Å². The summed E-state index contributed by atoms with van der Waals surface area (Å²) < 4.78 is 49.8. The summed E-state index contributed by atoms with van der Waals surface area (Å²) in [5.41, 5.74) is 0. The molecule has 2 aliphatic rings. The molecule has 5 nitrogen and oxygen atoms in total. The van der Waals surface area contributed by atoms with Gasteiger partial charge in [-0.15, -0.1) is 11.6 Å². The average Bonchev–Trinajstić information content (AvgIpc) is 2.31. The summed E-state index contributed by atoms with van der Waals surface area (Å²) in [6, 6.07) is -0.0430. The molecule has 1 saturated carbocycles. The summed E-state index contributed by atoms with van der Waals surface area (Å²) in [7, 11) is -6.43. The molecule has 0 unspecified atom stereocenters. The van der Waals surface area contributed by atoms with Crippen molar-refractivity contribution in [2.75, 3.05) is 11.5 Å². The van der Waals surface area contributed by atoms with Gasteiger partial charge in [-0.05, 0) is 38.5 Å². The first-order valence-electron chi connectivity index (χ1n) is 6.64. The Morgan fingerprint density at radius 2 is 1.47 bits per heavy atom.